The van der Waals surface area contributed by atoms with Crippen molar-refractivity contribution in [2.24, 2.45) is 0 Å². The van der Waals surface area contributed by atoms with Crippen molar-refractivity contribution >= 4 is 33.2 Å². The molecule has 5 heavy (non-hydrogen) atoms. The predicted octanol–water partition coefficient (Wildman–Crippen LogP) is -3.24. The zero-order chi connectivity index (χ0) is 3.58. The Bertz CT molecular complexity index is 11.6. The van der Waals surface area contributed by atoms with Gasteiger partial charge in [0.25, 0.3) is 0 Å². The SMILES string of the molecule is OB(O)O.[InH3]. The van der Waals surface area contributed by atoms with Crippen LogP contribution < -0.4 is 0 Å². The summed E-state index contributed by atoms with van der Waals surface area (Å²) in [6, 6.07) is 0. The zero-order valence-corrected chi connectivity index (χ0v) is 1.92. The first kappa shape index (κ1) is 9.26. The molecule has 30 valence electrons. The van der Waals surface area contributed by atoms with Crippen molar-refractivity contribution in [1.82, 2.24) is 0 Å². The Labute approximate surface area is 48.6 Å². The van der Waals surface area contributed by atoms with E-state index in [2.05, 4.69) is 0 Å². The zero-order valence-electron chi connectivity index (χ0n) is 1.92. The molecule has 5 heteroatoms. The molecule has 0 aliphatic rings. The normalized spacial score (nSPS) is 5.40. The second-order valence-electron chi connectivity index (χ2n) is 0.346. The molecule has 0 aliphatic carbocycles. The average molecular weight is 180 g/mol. The average Bonchev–Trinajstić information content (AvgIpc) is 0.811. The molecule has 0 unspecified atom stereocenters. The van der Waals surface area contributed by atoms with Crippen LogP contribution in [0, 0.1) is 0 Å². The predicted molar refractivity (Wildman–Crippen MR) is 22.3 cm³/mol. The molecule has 0 amide bonds. The number of hydrogen-bond donors (Lipinski definition) is 3. The van der Waals surface area contributed by atoms with E-state index >= 15 is 0 Å². The van der Waals surface area contributed by atoms with Gasteiger partial charge in [-0.15, -0.1) is 0 Å². The Morgan fingerprint density at radius 1 is 1.00 bits per heavy atom. The monoisotopic (exact) mass is 180 g/mol. The molecule has 0 fully saturated rings. The second-order valence-corrected chi connectivity index (χ2v) is 0.346. The molecular formula is H6BInO3. The summed E-state index contributed by atoms with van der Waals surface area (Å²) in [6.45, 7) is 0. The van der Waals surface area contributed by atoms with E-state index in [9.17, 15) is 0 Å². The van der Waals surface area contributed by atoms with Gasteiger partial charge in [-0.05, 0) is 0 Å². The molecule has 3 nitrogen and oxygen atoms in total. The van der Waals surface area contributed by atoms with Crippen LogP contribution in [-0.4, -0.2) is 48.2 Å². The van der Waals surface area contributed by atoms with Crippen LogP contribution in [0.2, 0.25) is 0 Å². The van der Waals surface area contributed by atoms with Crippen LogP contribution in [0.25, 0.3) is 0 Å². The fourth-order valence-electron chi connectivity index (χ4n) is 0. The second kappa shape index (κ2) is 4.82. The first-order valence-corrected chi connectivity index (χ1v) is 0.775. The van der Waals surface area contributed by atoms with Gasteiger partial charge in [-0.2, -0.15) is 0 Å². The molecule has 3 N–H and O–H groups in total. The van der Waals surface area contributed by atoms with Gasteiger partial charge in [0.05, 0.1) is 0 Å². The van der Waals surface area contributed by atoms with Crippen molar-refractivity contribution in [3.05, 3.63) is 0 Å². The van der Waals surface area contributed by atoms with E-state index in [1.807, 2.05) is 0 Å². The maximum atomic E-state index is 7.17. The van der Waals surface area contributed by atoms with Gasteiger partial charge < -0.3 is 15.1 Å². The van der Waals surface area contributed by atoms with Gasteiger partial charge in [0, 0.05) is 0 Å². The molecule has 0 aromatic heterocycles. The van der Waals surface area contributed by atoms with E-state index in [1.54, 1.807) is 0 Å². The van der Waals surface area contributed by atoms with Gasteiger partial charge in [-0.25, -0.2) is 0 Å². The van der Waals surface area contributed by atoms with Crippen molar-refractivity contribution in [2.75, 3.05) is 0 Å². The van der Waals surface area contributed by atoms with Crippen LogP contribution in [0.5, 0.6) is 0 Å². The Kier molecular flexibility index (Phi) is 8.92. The number of rotatable bonds is 0. The van der Waals surface area contributed by atoms with Crippen molar-refractivity contribution in [1.29, 1.82) is 0 Å². The van der Waals surface area contributed by atoms with E-state index in [1.165, 1.54) is 0 Å². The summed E-state index contributed by atoms with van der Waals surface area (Å²) in [5, 5.41) is 21.5. The Morgan fingerprint density at radius 2 is 1.00 bits per heavy atom. The third kappa shape index (κ3) is 57.4. The van der Waals surface area contributed by atoms with Gasteiger partial charge in [-0.3, -0.25) is 0 Å². The van der Waals surface area contributed by atoms with Gasteiger partial charge >= 0.3 is 33.2 Å². The standard InChI is InChI=1S/BH3O3.In.3H/c2-1(3)4;;;;/h2-4H;;;;. The molecular weight excluding hydrogens is 174 g/mol. The van der Waals surface area contributed by atoms with Crippen LogP contribution in [-0.2, 0) is 0 Å². The minimum atomic E-state index is -2.17. The van der Waals surface area contributed by atoms with Crippen LogP contribution in [0.4, 0.5) is 0 Å². The van der Waals surface area contributed by atoms with E-state index < -0.39 is 7.32 Å². The summed E-state index contributed by atoms with van der Waals surface area (Å²) < 4.78 is 0. The summed E-state index contributed by atoms with van der Waals surface area (Å²) >= 11 is 0. The molecule has 0 aromatic carbocycles. The van der Waals surface area contributed by atoms with Gasteiger partial charge in [0.1, 0.15) is 0 Å². The topological polar surface area (TPSA) is 60.7 Å². The number of hydrogen-bond acceptors (Lipinski definition) is 3. The summed E-state index contributed by atoms with van der Waals surface area (Å²) in [5.74, 6) is 0. The van der Waals surface area contributed by atoms with Gasteiger partial charge in [0.2, 0.25) is 0 Å². The van der Waals surface area contributed by atoms with Crippen molar-refractivity contribution in [3.63, 3.8) is 0 Å². The molecule has 0 radical (unpaired) electrons. The fourth-order valence-corrected chi connectivity index (χ4v) is 0. The first-order valence-electron chi connectivity index (χ1n) is 0.775. The molecule has 0 atom stereocenters. The first-order chi connectivity index (χ1) is 1.73. The summed E-state index contributed by atoms with van der Waals surface area (Å²) in [5.41, 5.74) is 0. The summed E-state index contributed by atoms with van der Waals surface area (Å²) in [4.78, 5) is 0. The Hall–Kier alpha value is 0.815. The van der Waals surface area contributed by atoms with Crippen molar-refractivity contribution < 1.29 is 15.1 Å². The molecule has 0 saturated carbocycles. The minimum absolute atomic E-state index is 0. The van der Waals surface area contributed by atoms with Crippen LogP contribution >= 0.6 is 0 Å². The van der Waals surface area contributed by atoms with Crippen molar-refractivity contribution in [3.8, 4) is 0 Å². The summed E-state index contributed by atoms with van der Waals surface area (Å²) in [7, 11) is -2.17. The van der Waals surface area contributed by atoms with Crippen LogP contribution in [0.3, 0.4) is 0 Å². The van der Waals surface area contributed by atoms with Crippen molar-refractivity contribution in [2.45, 2.75) is 0 Å². The third-order valence-corrected chi connectivity index (χ3v) is 0. The van der Waals surface area contributed by atoms with Crippen LogP contribution in [0.15, 0.2) is 0 Å². The molecule has 0 spiro atoms. The Balaban J connectivity index is 0. The van der Waals surface area contributed by atoms with Gasteiger partial charge in [-0.1, -0.05) is 0 Å². The fraction of sp³-hybridized carbons (Fsp3) is 0. The quantitative estimate of drug-likeness (QED) is 0.343. The van der Waals surface area contributed by atoms with E-state index in [0.29, 0.717) is 0 Å². The van der Waals surface area contributed by atoms with E-state index in [0.717, 1.165) is 0 Å². The van der Waals surface area contributed by atoms with E-state index in [4.69, 9.17) is 15.1 Å². The maximum absolute atomic E-state index is 7.17. The van der Waals surface area contributed by atoms with E-state index in [-0.39, 0.29) is 25.8 Å². The van der Waals surface area contributed by atoms with Crippen LogP contribution in [0.1, 0.15) is 0 Å². The van der Waals surface area contributed by atoms with Gasteiger partial charge in [0.15, 0.2) is 0 Å². The molecule has 0 rings (SSSR count). The Morgan fingerprint density at radius 3 is 1.00 bits per heavy atom. The molecule has 0 bridgehead atoms. The summed E-state index contributed by atoms with van der Waals surface area (Å²) in [6.07, 6.45) is 0. The molecule has 0 saturated heterocycles. The third-order valence-electron chi connectivity index (χ3n) is 0. The molecule has 0 heterocycles. The molecule has 0 aromatic rings. The molecule has 0 aliphatic heterocycles.